The fourth-order valence-corrected chi connectivity index (χ4v) is 2.52. The molecule has 0 amide bonds. The minimum absolute atomic E-state index is 0.265. The van der Waals surface area contributed by atoms with E-state index in [2.05, 4.69) is 22.2 Å². The Hall–Kier alpha value is -0.520. The van der Waals surface area contributed by atoms with Crippen LogP contribution in [-0.4, -0.2) is 39.7 Å². The first-order valence-electron chi connectivity index (χ1n) is 6.64. The molecule has 4 nitrogen and oxygen atoms in total. The van der Waals surface area contributed by atoms with E-state index in [1.807, 2.05) is 18.7 Å². The molecule has 0 fully saturated rings. The lowest BCUT2D eigenvalue weighted by molar-refractivity contribution is 0.296. The standard InChI is InChI=1S/C13H22ClN3OS/c1-3-5-11-16-12(14)10(2)13(17-11)15-6-9-19-8-4-7-18/h18H,3-9H2,1-2H3,(H,15,16,17). The van der Waals surface area contributed by atoms with E-state index in [4.69, 9.17) is 16.7 Å². The summed E-state index contributed by atoms with van der Waals surface area (Å²) < 4.78 is 0. The zero-order valence-corrected chi connectivity index (χ0v) is 13.2. The van der Waals surface area contributed by atoms with Crippen LogP contribution in [0.4, 0.5) is 5.82 Å². The molecular weight excluding hydrogens is 282 g/mol. The highest BCUT2D eigenvalue weighted by molar-refractivity contribution is 7.99. The second-order valence-electron chi connectivity index (χ2n) is 4.27. The molecule has 0 aliphatic carbocycles. The van der Waals surface area contributed by atoms with Crippen LogP contribution in [0.2, 0.25) is 5.15 Å². The first-order chi connectivity index (χ1) is 9.19. The van der Waals surface area contributed by atoms with Gasteiger partial charge < -0.3 is 10.4 Å². The van der Waals surface area contributed by atoms with Crippen molar-refractivity contribution in [3.63, 3.8) is 0 Å². The van der Waals surface area contributed by atoms with E-state index in [0.29, 0.717) is 5.15 Å². The molecule has 6 heteroatoms. The summed E-state index contributed by atoms with van der Waals surface area (Å²) in [5.74, 6) is 3.62. The highest BCUT2D eigenvalue weighted by Crippen LogP contribution is 2.20. The number of nitrogens with zero attached hydrogens (tertiary/aromatic N) is 2. The van der Waals surface area contributed by atoms with Crippen LogP contribution in [0.1, 0.15) is 31.2 Å². The van der Waals surface area contributed by atoms with Crippen LogP contribution in [-0.2, 0) is 6.42 Å². The normalized spacial score (nSPS) is 10.7. The van der Waals surface area contributed by atoms with E-state index in [-0.39, 0.29) is 6.61 Å². The maximum Gasteiger partial charge on any atom is 0.137 e. The number of halogens is 1. The van der Waals surface area contributed by atoms with Crippen LogP contribution in [0.15, 0.2) is 0 Å². The van der Waals surface area contributed by atoms with Crippen molar-refractivity contribution in [1.29, 1.82) is 0 Å². The van der Waals surface area contributed by atoms with Crippen molar-refractivity contribution in [3.8, 4) is 0 Å². The van der Waals surface area contributed by atoms with Crippen LogP contribution in [0.3, 0.4) is 0 Å². The van der Waals surface area contributed by atoms with Gasteiger partial charge >= 0.3 is 0 Å². The van der Waals surface area contributed by atoms with E-state index in [0.717, 1.165) is 54.5 Å². The predicted molar refractivity (Wildman–Crippen MR) is 83.3 cm³/mol. The molecular formula is C13H22ClN3OS. The Balaban J connectivity index is 2.47. The number of nitrogens with one attached hydrogen (secondary N) is 1. The smallest absolute Gasteiger partial charge is 0.137 e. The highest BCUT2D eigenvalue weighted by Gasteiger charge is 2.08. The van der Waals surface area contributed by atoms with Gasteiger partial charge in [0, 0.05) is 30.9 Å². The van der Waals surface area contributed by atoms with E-state index in [1.165, 1.54) is 0 Å². The first-order valence-corrected chi connectivity index (χ1v) is 8.17. The number of hydrogen-bond donors (Lipinski definition) is 2. The molecule has 0 spiro atoms. The molecule has 1 heterocycles. The van der Waals surface area contributed by atoms with Crippen molar-refractivity contribution in [3.05, 3.63) is 16.5 Å². The van der Waals surface area contributed by atoms with Gasteiger partial charge in [0.25, 0.3) is 0 Å². The number of thioether (sulfide) groups is 1. The van der Waals surface area contributed by atoms with Crippen molar-refractivity contribution in [2.75, 3.05) is 30.0 Å². The summed E-state index contributed by atoms with van der Waals surface area (Å²) in [4.78, 5) is 8.77. The number of hydrogen-bond acceptors (Lipinski definition) is 5. The van der Waals surface area contributed by atoms with Gasteiger partial charge in [0.2, 0.25) is 0 Å². The van der Waals surface area contributed by atoms with Gasteiger partial charge in [0.1, 0.15) is 16.8 Å². The monoisotopic (exact) mass is 303 g/mol. The third kappa shape index (κ3) is 5.97. The van der Waals surface area contributed by atoms with Crippen LogP contribution < -0.4 is 5.32 Å². The lowest BCUT2D eigenvalue weighted by atomic mass is 10.3. The molecule has 0 saturated heterocycles. The molecule has 2 N–H and O–H groups in total. The van der Waals surface area contributed by atoms with Gasteiger partial charge in [-0.25, -0.2) is 9.97 Å². The van der Waals surface area contributed by atoms with Crippen LogP contribution in [0.5, 0.6) is 0 Å². The van der Waals surface area contributed by atoms with Crippen LogP contribution >= 0.6 is 23.4 Å². The van der Waals surface area contributed by atoms with E-state index in [9.17, 15) is 0 Å². The van der Waals surface area contributed by atoms with Crippen LogP contribution in [0, 0.1) is 6.92 Å². The Morgan fingerprint density at radius 2 is 2.11 bits per heavy atom. The number of rotatable bonds is 9. The minimum Gasteiger partial charge on any atom is -0.396 e. The Kier molecular flexibility index (Phi) is 8.18. The Bertz CT molecular complexity index is 390. The van der Waals surface area contributed by atoms with E-state index >= 15 is 0 Å². The van der Waals surface area contributed by atoms with E-state index in [1.54, 1.807) is 0 Å². The number of aliphatic hydroxyl groups is 1. The Morgan fingerprint density at radius 3 is 2.79 bits per heavy atom. The van der Waals surface area contributed by atoms with Crippen molar-refractivity contribution in [2.45, 2.75) is 33.1 Å². The Morgan fingerprint density at radius 1 is 1.32 bits per heavy atom. The van der Waals surface area contributed by atoms with Crippen molar-refractivity contribution < 1.29 is 5.11 Å². The Labute approximate surface area is 124 Å². The molecule has 0 unspecified atom stereocenters. The fourth-order valence-electron chi connectivity index (χ4n) is 1.55. The maximum absolute atomic E-state index is 8.69. The highest BCUT2D eigenvalue weighted by atomic mass is 35.5. The van der Waals surface area contributed by atoms with E-state index < -0.39 is 0 Å². The molecule has 1 rings (SSSR count). The van der Waals surface area contributed by atoms with Gasteiger partial charge in [0.05, 0.1) is 0 Å². The van der Waals surface area contributed by atoms with Crippen LogP contribution in [0.25, 0.3) is 0 Å². The minimum atomic E-state index is 0.265. The summed E-state index contributed by atoms with van der Waals surface area (Å²) in [6.45, 7) is 5.14. The van der Waals surface area contributed by atoms with Gasteiger partial charge in [-0.15, -0.1) is 0 Å². The third-order valence-corrected chi connectivity index (χ3v) is 4.03. The topological polar surface area (TPSA) is 58.0 Å². The average molecular weight is 304 g/mol. The van der Waals surface area contributed by atoms with Crippen molar-refractivity contribution >= 4 is 29.2 Å². The van der Waals surface area contributed by atoms with Gasteiger partial charge in [-0.3, -0.25) is 0 Å². The first kappa shape index (κ1) is 16.5. The molecule has 0 saturated carbocycles. The lowest BCUT2D eigenvalue weighted by Gasteiger charge is -2.11. The maximum atomic E-state index is 8.69. The number of anilines is 1. The summed E-state index contributed by atoms with van der Waals surface area (Å²) in [5, 5.41) is 12.5. The summed E-state index contributed by atoms with van der Waals surface area (Å²) in [6.07, 6.45) is 2.71. The SMILES string of the molecule is CCCc1nc(Cl)c(C)c(NCCSCCCO)n1. The fraction of sp³-hybridized carbons (Fsp3) is 0.692. The quantitative estimate of drug-likeness (QED) is 0.542. The van der Waals surface area contributed by atoms with Gasteiger partial charge in [-0.1, -0.05) is 18.5 Å². The molecule has 0 aliphatic heterocycles. The largest absolute Gasteiger partial charge is 0.396 e. The molecule has 1 aromatic heterocycles. The zero-order valence-electron chi connectivity index (χ0n) is 11.6. The van der Waals surface area contributed by atoms with Gasteiger partial charge in [-0.05, 0) is 25.5 Å². The third-order valence-electron chi connectivity index (χ3n) is 2.59. The molecule has 0 aromatic carbocycles. The molecule has 1 aromatic rings. The number of aliphatic hydroxyl groups excluding tert-OH is 1. The summed E-state index contributed by atoms with van der Waals surface area (Å²) in [7, 11) is 0. The average Bonchev–Trinajstić information content (AvgIpc) is 2.39. The number of aromatic nitrogens is 2. The molecule has 0 bridgehead atoms. The molecule has 0 radical (unpaired) electrons. The molecule has 108 valence electrons. The summed E-state index contributed by atoms with van der Waals surface area (Å²) >= 11 is 7.93. The van der Waals surface area contributed by atoms with Gasteiger partial charge in [-0.2, -0.15) is 11.8 Å². The second kappa shape index (κ2) is 9.39. The second-order valence-corrected chi connectivity index (χ2v) is 5.85. The molecule has 19 heavy (non-hydrogen) atoms. The van der Waals surface area contributed by atoms with Crippen molar-refractivity contribution in [1.82, 2.24) is 9.97 Å². The zero-order chi connectivity index (χ0) is 14.1. The summed E-state index contributed by atoms with van der Waals surface area (Å²) in [5.41, 5.74) is 0.905. The lowest BCUT2D eigenvalue weighted by Crippen LogP contribution is -2.10. The van der Waals surface area contributed by atoms with Gasteiger partial charge in [0.15, 0.2) is 0 Å². The molecule has 0 aliphatic rings. The predicted octanol–water partition coefficient (Wildman–Crippen LogP) is 2.92. The summed E-state index contributed by atoms with van der Waals surface area (Å²) in [6, 6.07) is 0. The number of aryl methyl sites for hydroxylation is 1. The van der Waals surface area contributed by atoms with Crippen molar-refractivity contribution in [2.24, 2.45) is 0 Å². The molecule has 0 atom stereocenters.